The maximum Gasteiger partial charge on any atom is 0.134 e. The van der Waals surface area contributed by atoms with Gasteiger partial charge in [0.2, 0.25) is 0 Å². The Morgan fingerprint density at radius 1 is 1.32 bits per heavy atom. The monoisotopic (exact) mass is 278 g/mol. The van der Waals surface area contributed by atoms with Crippen LogP contribution in [0.3, 0.4) is 0 Å². The van der Waals surface area contributed by atoms with Crippen LogP contribution in [0.25, 0.3) is 0 Å². The number of anilines is 2. The Hall–Kier alpha value is -1.66. The van der Waals surface area contributed by atoms with E-state index in [1.807, 2.05) is 30.7 Å². The van der Waals surface area contributed by atoms with Crippen molar-refractivity contribution in [3.63, 3.8) is 0 Å². The van der Waals surface area contributed by atoms with Crippen LogP contribution in [0.5, 0.6) is 0 Å². The number of aliphatic hydroxyl groups is 1. The van der Waals surface area contributed by atoms with Gasteiger partial charge in [-0.25, -0.2) is 9.97 Å². The van der Waals surface area contributed by atoms with E-state index in [-0.39, 0.29) is 0 Å². The van der Waals surface area contributed by atoms with E-state index in [0.29, 0.717) is 6.54 Å². The zero-order chi connectivity index (χ0) is 13.7. The molecule has 0 saturated heterocycles. The van der Waals surface area contributed by atoms with Crippen LogP contribution < -0.4 is 10.6 Å². The van der Waals surface area contributed by atoms with E-state index in [9.17, 15) is 5.11 Å². The van der Waals surface area contributed by atoms with E-state index in [1.54, 1.807) is 11.3 Å². The Labute approximate surface area is 116 Å². The van der Waals surface area contributed by atoms with Gasteiger partial charge in [0.15, 0.2) is 0 Å². The average Bonchev–Trinajstić information content (AvgIpc) is 2.94. The molecule has 1 atom stereocenters. The topological polar surface area (TPSA) is 70.1 Å². The summed E-state index contributed by atoms with van der Waals surface area (Å²) in [6, 6.07) is 1.92. The molecule has 0 aromatic carbocycles. The van der Waals surface area contributed by atoms with Crippen molar-refractivity contribution >= 4 is 23.0 Å². The number of aliphatic hydroxyl groups excluding tert-OH is 1. The number of hydrogen-bond acceptors (Lipinski definition) is 6. The van der Waals surface area contributed by atoms with Crippen molar-refractivity contribution in [1.29, 1.82) is 0 Å². The molecule has 0 aliphatic heterocycles. The van der Waals surface area contributed by atoms with Crippen LogP contribution in [0.4, 0.5) is 11.6 Å². The van der Waals surface area contributed by atoms with Crippen molar-refractivity contribution in [2.45, 2.75) is 20.0 Å². The molecular formula is C13H18N4OS. The summed E-state index contributed by atoms with van der Waals surface area (Å²) in [5, 5.41) is 20.3. The minimum atomic E-state index is -0.525. The lowest BCUT2D eigenvalue weighted by Crippen LogP contribution is -2.14. The van der Waals surface area contributed by atoms with Crippen molar-refractivity contribution in [3.05, 3.63) is 34.3 Å². The number of rotatable bonds is 6. The Balaban J connectivity index is 2.01. The summed E-state index contributed by atoms with van der Waals surface area (Å²) in [7, 11) is 0. The molecule has 0 bridgehead atoms. The van der Waals surface area contributed by atoms with Gasteiger partial charge in [-0.05, 0) is 36.2 Å². The molecule has 0 saturated carbocycles. The Kier molecular flexibility index (Phi) is 4.70. The Morgan fingerprint density at radius 2 is 2.05 bits per heavy atom. The van der Waals surface area contributed by atoms with Crippen molar-refractivity contribution in [1.82, 2.24) is 9.97 Å². The highest BCUT2D eigenvalue weighted by Crippen LogP contribution is 2.20. The average molecular weight is 278 g/mol. The quantitative estimate of drug-likeness (QED) is 0.757. The Morgan fingerprint density at radius 3 is 2.68 bits per heavy atom. The standard InChI is InChI=1S/C13H18N4OS/c1-3-14-12-9(2)13(17-8-16-12)15-6-11(18)10-4-5-19-7-10/h4-5,7-8,11,18H,3,6H2,1-2H3,(H2,14,15,16,17). The van der Waals surface area contributed by atoms with Gasteiger partial charge >= 0.3 is 0 Å². The number of nitrogens with one attached hydrogen (secondary N) is 2. The number of aromatic nitrogens is 2. The molecule has 5 nitrogen and oxygen atoms in total. The first-order valence-electron chi connectivity index (χ1n) is 6.22. The van der Waals surface area contributed by atoms with Gasteiger partial charge in [-0.1, -0.05) is 0 Å². The van der Waals surface area contributed by atoms with Crippen LogP contribution in [-0.2, 0) is 0 Å². The normalized spacial score (nSPS) is 12.2. The van der Waals surface area contributed by atoms with E-state index < -0.39 is 6.10 Å². The lowest BCUT2D eigenvalue weighted by Gasteiger charge is -2.14. The fraction of sp³-hybridized carbons (Fsp3) is 0.385. The molecule has 1 unspecified atom stereocenters. The van der Waals surface area contributed by atoms with Crippen molar-refractivity contribution in [2.75, 3.05) is 23.7 Å². The molecule has 3 N–H and O–H groups in total. The minimum Gasteiger partial charge on any atom is -0.387 e. The molecule has 6 heteroatoms. The summed E-state index contributed by atoms with van der Waals surface area (Å²) in [5.74, 6) is 1.57. The highest BCUT2D eigenvalue weighted by Gasteiger charge is 2.10. The molecule has 2 aromatic heterocycles. The Bertz CT molecular complexity index is 515. The second-order valence-corrected chi connectivity index (χ2v) is 4.96. The summed E-state index contributed by atoms with van der Waals surface area (Å²) in [5.41, 5.74) is 1.89. The fourth-order valence-electron chi connectivity index (χ4n) is 1.75. The van der Waals surface area contributed by atoms with Crippen LogP contribution in [-0.4, -0.2) is 28.2 Å². The second-order valence-electron chi connectivity index (χ2n) is 4.18. The molecule has 0 fully saturated rings. The summed E-state index contributed by atoms with van der Waals surface area (Å²) in [4.78, 5) is 8.39. The van der Waals surface area contributed by atoms with Gasteiger partial charge in [0.1, 0.15) is 18.0 Å². The van der Waals surface area contributed by atoms with Crippen LogP contribution in [0.15, 0.2) is 23.2 Å². The predicted molar refractivity (Wildman–Crippen MR) is 78.7 cm³/mol. The molecule has 0 aliphatic carbocycles. The zero-order valence-corrected chi connectivity index (χ0v) is 11.9. The van der Waals surface area contributed by atoms with E-state index in [0.717, 1.165) is 29.3 Å². The fourth-order valence-corrected chi connectivity index (χ4v) is 2.46. The van der Waals surface area contributed by atoms with Crippen LogP contribution in [0, 0.1) is 6.92 Å². The third kappa shape index (κ3) is 3.42. The highest BCUT2D eigenvalue weighted by molar-refractivity contribution is 7.07. The van der Waals surface area contributed by atoms with Crippen molar-refractivity contribution < 1.29 is 5.11 Å². The predicted octanol–water partition coefficient (Wildman–Crippen LogP) is 2.42. The van der Waals surface area contributed by atoms with Gasteiger partial charge in [-0.2, -0.15) is 11.3 Å². The maximum atomic E-state index is 10.0. The van der Waals surface area contributed by atoms with E-state index >= 15 is 0 Å². The number of nitrogens with zero attached hydrogens (tertiary/aromatic N) is 2. The summed E-state index contributed by atoms with van der Waals surface area (Å²) in [6.07, 6.45) is 0.993. The van der Waals surface area contributed by atoms with Crippen LogP contribution in [0.1, 0.15) is 24.2 Å². The van der Waals surface area contributed by atoms with Gasteiger partial charge < -0.3 is 15.7 Å². The SMILES string of the molecule is CCNc1ncnc(NCC(O)c2ccsc2)c1C. The van der Waals surface area contributed by atoms with Gasteiger partial charge in [0, 0.05) is 18.7 Å². The minimum absolute atomic E-state index is 0.431. The molecule has 2 heterocycles. The molecular weight excluding hydrogens is 260 g/mol. The molecule has 102 valence electrons. The third-order valence-electron chi connectivity index (χ3n) is 2.82. The summed E-state index contributed by atoms with van der Waals surface area (Å²) < 4.78 is 0. The molecule has 2 aromatic rings. The molecule has 0 amide bonds. The second kappa shape index (κ2) is 6.49. The molecule has 0 radical (unpaired) electrons. The maximum absolute atomic E-state index is 10.0. The first kappa shape index (κ1) is 13.8. The smallest absolute Gasteiger partial charge is 0.134 e. The molecule has 19 heavy (non-hydrogen) atoms. The summed E-state index contributed by atoms with van der Waals surface area (Å²) >= 11 is 1.58. The third-order valence-corrected chi connectivity index (χ3v) is 3.52. The molecule has 0 spiro atoms. The highest BCUT2D eigenvalue weighted by atomic mass is 32.1. The van der Waals surface area contributed by atoms with E-state index in [2.05, 4.69) is 20.6 Å². The molecule has 0 aliphatic rings. The zero-order valence-electron chi connectivity index (χ0n) is 11.1. The lowest BCUT2D eigenvalue weighted by atomic mass is 10.2. The first-order valence-corrected chi connectivity index (χ1v) is 7.16. The number of hydrogen-bond donors (Lipinski definition) is 3. The van der Waals surface area contributed by atoms with Crippen LogP contribution in [0.2, 0.25) is 0 Å². The van der Waals surface area contributed by atoms with Gasteiger partial charge in [-0.15, -0.1) is 0 Å². The number of thiophene rings is 1. The van der Waals surface area contributed by atoms with Gasteiger partial charge in [-0.3, -0.25) is 0 Å². The van der Waals surface area contributed by atoms with Crippen LogP contribution >= 0.6 is 11.3 Å². The lowest BCUT2D eigenvalue weighted by molar-refractivity contribution is 0.192. The van der Waals surface area contributed by atoms with Crippen molar-refractivity contribution in [3.8, 4) is 0 Å². The van der Waals surface area contributed by atoms with Crippen molar-refractivity contribution in [2.24, 2.45) is 0 Å². The van der Waals surface area contributed by atoms with Gasteiger partial charge in [0.25, 0.3) is 0 Å². The van der Waals surface area contributed by atoms with Gasteiger partial charge in [0.05, 0.1) is 6.10 Å². The largest absolute Gasteiger partial charge is 0.387 e. The van der Waals surface area contributed by atoms with E-state index in [4.69, 9.17) is 0 Å². The molecule has 2 rings (SSSR count). The first-order chi connectivity index (χ1) is 9.22. The van der Waals surface area contributed by atoms with E-state index in [1.165, 1.54) is 6.33 Å². The summed E-state index contributed by atoms with van der Waals surface area (Å²) in [6.45, 7) is 5.22.